The van der Waals surface area contributed by atoms with Gasteiger partial charge in [-0.3, -0.25) is 4.90 Å². The van der Waals surface area contributed by atoms with Crippen molar-refractivity contribution in [1.29, 1.82) is 0 Å². The highest BCUT2D eigenvalue weighted by atomic mass is 35.5. The molecule has 1 aliphatic heterocycles. The zero-order valence-electron chi connectivity index (χ0n) is 12.9. The minimum absolute atomic E-state index is 0.355. The summed E-state index contributed by atoms with van der Waals surface area (Å²) < 4.78 is 10.5. The zero-order valence-corrected chi connectivity index (χ0v) is 14.4. The fourth-order valence-corrected chi connectivity index (χ4v) is 3.19. The number of aliphatic hydroxyl groups is 2. The van der Waals surface area contributed by atoms with Crippen LogP contribution in [0.15, 0.2) is 6.07 Å². The summed E-state index contributed by atoms with van der Waals surface area (Å²) in [6, 6.07) is 1.66. The van der Waals surface area contributed by atoms with Crippen molar-refractivity contribution >= 4 is 23.2 Å². The van der Waals surface area contributed by atoms with E-state index in [0.717, 1.165) is 5.56 Å². The van der Waals surface area contributed by atoms with Crippen LogP contribution in [0.25, 0.3) is 0 Å². The first kappa shape index (κ1) is 17.6. The maximum atomic E-state index is 10.0. The summed E-state index contributed by atoms with van der Waals surface area (Å²) in [5.74, 6) is 0.913. The van der Waals surface area contributed by atoms with Gasteiger partial charge in [0.2, 0.25) is 0 Å². The number of methoxy groups -OCH3 is 2. The van der Waals surface area contributed by atoms with Gasteiger partial charge >= 0.3 is 0 Å². The van der Waals surface area contributed by atoms with Gasteiger partial charge in [0.15, 0.2) is 11.5 Å². The molecule has 0 aliphatic carbocycles. The summed E-state index contributed by atoms with van der Waals surface area (Å²) in [4.78, 5) is 2.00. The lowest BCUT2D eigenvalue weighted by Gasteiger charge is -2.40. The molecule has 0 bridgehead atoms. The quantitative estimate of drug-likeness (QED) is 0.873. The van der Waals surface area contributed by atoms with Gasteiger partial charge in [0, 0.05) is 31.3 Å². The van der Waals surface area contributed by atoms with Gasteiger partial charge < -0.3 is 19.7 Å². The summed E-state index contributed by atoms with van der Waals surface area (Å²) in [5.41, 5.74) is -0.337. The van der Waals surface area contributed by atoms with Crippen LogP contribution >= 0.6 is 23.2 Å². The molecule has 1 aromatic rings. The molecule has 0 spiro atoms. The van der Waals surface area contributed by atoms with Crippen molar-refractivity contribution in [2.24, 2.45) is 0 Å². The van der Waals surface area contributed by atoms with E-state index in [4.69, 9.17) is 32.7 Å². The van der Waals surface area contributed by atoms with Crippen molar-refractivity contribution < 1.29 is 19.7 Å². The molecule has 0 radical (unpaired) electrons. The smallest absolute Gasteiger partial charge is 0.179 e. The van der Waals surface area contributed by atoms with Gasteiger partial charge in [0.25, 0.3) is 0 Å². The second kappa shape index (κ2) is 6.81. The van der Waals surface area contributed by atoms with Crippen LogP contribution in [0.5, 0.6) is 11.5 Å². The molecule has 1 aromatic carbocycles. The molecule has 0 aromatic heterocycles. The fraction of sp³-hybridized carbons (Fsp3) is 0.600. The molecule has 1 fully saturated rings. The molecule has 5 nitrogen and oxygen atoms in total. The van der Waals surface area contributed by atoms with Crippen LogP contribution in [0.1, 0.15) is 18.9 Å². The van der Waals surface area contributed by atoms with E-state index in [1.807, 2.05) is 4.90 Å². The molecule has 0 unspecified atom stereocenters. The number of β-amino-alcohol motifs (C(OH)–C–C–N with tert-alkyl or cyclic N) is 1. The minimum atomic E-state index is -1.05. The molecule has 1 aliphatic rings. The van der Waals surface area contributed by atoms with Crippen LogP contribution in [0, 0.1) is 0 Å². The molecule has 1 heterocycles. The Balaban J connectivity index is 2.24. The normalized spacial score (nSPS) is 26.0. The van der Waals surface area contributed by atoms with Gasteiger partial charge in [-0.25, -0.2) is 0 Å². The van der Waals surface area contributed by atoms with Crippen LogP contribution in [-0.4, -0.2) is 54.1 Å². The van der Waals surface area contributed by atoms with Crippen molar-refractivity contribution in [2.75, 3.05) is 27.3 Å². The van der Waals surface area contributed by atoms with Crippen LogP contribution in [0.2, 0.25) is 10.0 Å². The Bertz CT molecular complexity index is 551. The van der Waals surface area contributed by atoms with Gasteiger partial charge in [-0.1, -0.05) is 23.2 Å². The van der Waals surface area contributed by atoms with Gasteiger partial charge in [0.05, 0.1) is 36.0 Å². The monoisotopic (exact) mass is 349 g/mol. The van der Waals surface area contributed by atoms with E-state index in [9.17, 15) is 10.2 Å². The summed E-state index contributed by atoms with van der Waals surface area (Å²) in [6.45, 7) is 3.11. The fourth-order valence-electron chi connectivity index (χ4n) is 2.56. The molecule has 124 valence electrons. The molecule has 7 heteroatoms. The topological polar surface area (TPSA) is 62.2 Å². The molecule has 2 N–H and O–H groups in total. The summed E-state index contributed by atoms with van der Waals surface area (Å²) in [5, 5.41) is 20.9. The first-order valence-electron chi connectivity index (χ1n) is 7.01. The third kappa shape index (κ3) is 3.44. The predicted octanol–water partition coefficient (Wildman–Crippen LogP) is 2.33. The van der Waals surface area contributed by atoms with E-state index in [1.54, 1.807) is 13.0 Å². The number of piperidine rings is 1. The van der Waals surface area contributed by atoms with E-state index in [2.05, 4.69) is 0 Å². The lowest BCUT2D eigenvalue weighted by Crippen LogP contribution is -2.53. The highest BCUT2D eigenvalue weighted by molar-refractivity contribution is 6.37. The Morgan fingerprint density at radius 1 is 1.36 bits per heavy atom. The van der Waals surface area contributed by atoms with E-state index in [1.165, 1.54) is 14.2 Å². The molecular weight excluding hydrogens is 329 g/mol. The SMILES string of the molecule is COc1cc(Cl)c(CN2CC[C@](C)(O)[C@@H](O)C2)c(Cl)c1OC. The Kier molecular flexibility index (Phi) is 5.45. The number of nitrogens with zero attached hydrogens (tertiary/aromatic N) is 1. The molecule has 0 saturated carbocycles. The number of hydrogen-bond acceptors (Lipinski definition) is 5. The van der Waals surface area contributed by atoms with Crippen molar-refractivity contribution in [3.8, 4) is 11.5 Å². The van der Waals surface area contributed by atoms with E-state index >= 15 is 0 Å². The maximum absolute atomic E-state index is 10.0. The Hall–Kier alpha value is -0.720. The molecule has 0 amide bonds. The number of aliphatic hydroxyl groups excluding tert-OH is 1. The summed E-state index contributed by atoms with van der Waals surface area (Å²) in [7, 11) is 3.04. The molecule has 1 saturated heterocycles. The molecule has 22 heavy (non-hydrogen) atoms. The second-order valence-corrected chi connectivity index (χ2v) is 6.53. The lowest BCUT2D eigenvalue weighted by atomic mass is 9.90. The highest BCUT2D eigenvalue weighted by Gasteiger charge is 2.36. The van der Waals surface area contributed by atoms with Gasteiger partial charge in [-0.05, 0) is 13.3 Å². The molecule has 2 rings (SSSR count). The number of likely N-dealkylation sites (tertiary alicyclic amines) is 1. The van der Waals surface area contributed by atoms with Crippen molar-refractivity contribution in [3.63, 3.8) is 0 Å². The molecule has 2 atom stereocenters. The number of rotatable bonds is 4. The molecular formula is C15H21Cl2NO4. The third-order valence-corrected chi connectivity index (χ3v) is 4.86. The number of ether oxygens (including phenoxy) is 2. The number of hydrogen-bond donors (Lipinski definition) is 2. The highest BCUT2D eigenvalue weighted by Crippen LogP contribution is 2.42. The number of benzene rings is 1. The van der Waals surface area contributed by atoms with E-state index in [0.29, 0.717) is 47.6 Å². The zero-order chi connectivity index (χ0) is 16.5. The largest absolute Gasteiger partial charge is 0.493 e. The van der Waals surface area contributed by atoms with Gasteiger partial charge in [-0.2, -0.15) is 0 Å². The van der Waals surface area contributed by atoms with Gasteiger partial charge in [0.1, 0.15) is 0 Å². The van der Waals surface area contributed by atoms with Crippen molar-refractivity contribution in [3.05, 3.63) is 21.7 Å². The first-order chi connectivity index (χ1) is 10.3. The Labute approximate surface area is 140 Å². The minimum Gasteiger partial charge on any atom is -0.493 e. The standard InChI is InChI=1S/C15H21Cl2NO4/c1-15(20)4-5-18(8-12(15)19)7-9-10(16)6-11(21-2)14(22-3)13(9)17/h6,12,19-20H,4-5,7-8H2,1-3H3/t12-,15-/m0/s1. The number of halogens is 2. The predicted molar refractivity (Wildman–Crippen MR) is 86.1 cm³/mol. The third-order valence-electron chi connectivity index (χ3n) is 4.12. The van der Waals surface area contributed by atoms with Crippen molar-refractivity contribution in [1.82, 2.24) is 4.90 Å². The second-order valence-electron chi connectivity index (χ2n) is 5.74. The Morgan fingerprint density at radius 2 is 2.05 bits per heavy atom. The van der Waals surface area contributed by atoms with E-state index < -0.39 is 11.7 Å². The van der Waals surface area contributed by atoms with Crippen molar-refractivity contribution in [2.45, 2.75) is 31.6 Å². The lowest BCUT2D eigenvalue weighted by molar-refractivity contribution is -0.108. The van der Waals surface area contributed by atoms with Crippen LogP contribution in [0.4, 0.5) is 0 Å². The first-order valence-corrected chi connectivity index (χ1v) is 7.77. The average molecular weight is 350 g/mol. The van der Waals surface area contributed by atoms with Crippen LogP contribution in [0.3, 0.4) is 0 Å². The van der Waals surface area contributed by atoms with Crippen LogP contribution < -0.4 is 9.47 Å². The van der Waals surface area contributed by atoms with E-state index in [-0.39, 0.29) is 0 Å². The summed E-state index contributed by atoms with van der Waals surface area (Å²) in [6.07, 6.45) is -0.324. The van der Waals surface area contributed by atoms with Gasteiger partial charge in [-0.15, -0.1) is 0 Å². The van der Waals surface area contributed by atoms with Crippen LogP contribution in [-0.2, 0) is 6.54 Å². The maximum Gasteiger partial charge on any atom is 0.179 e. The summed E-state index contributed by atoms with van der Waals surface area (Å²) >= 11 is 12.7. The average Bonchev–Trinajstić information content (AvgIpc) is 2.46. The Morgan fingerprint density at radius 3 is 2.59 bits per heavy atom.